The molecular formula is C30H44N2O4. The summed E-state index contributed by atoms with van der Waals surface area (Å²) in [6, 6.07) is 6.44. The lowest BCUT2D eigenvalue weighted by molar-refractivity contribution is -0.158. The predicted octanol–water partition coefficient (Wildman–Crippen LogP) is 5.36. The van der Waals surface area contributed by atoms with Gasteiger partial charge >= 0.3 is 0 Å². The highest BCUT2D eigenvalue weighted by molar-refractivity contribution is 5.77. The molecule has 1 aromatic carbocycles. The molecule has 2 amide bonds. The molecule has 3 saturated carbocycles. The zero-order valence-electron chi connectivity index (χ0n) is 22.9. The van der Waals surface area contributed by atoms with Crippen LogP contribution < -0.4 is 14.8 Å². The van der Waals surface area contributed by atoms with Crippen molar-refractivity contribution in [1.82, 2.24) is 10.2 Å². The number of carbonyl (C=O) groups excluding carboxylic acids is 2. The monoisotopic (exact) mass is 496 g/mol. The van der Waals surface area contributed by atoms with Gasteiger partial charge in [-0.3, -0.25) is 9.59 Å². The van der Waals surface area contributed by atoms with E-state index in [-0.39, 0.29) is 22.8 Å². The van der Waals surface area contributed by atoms with Gasteiger partial charge in [-0.2, -0.15) is 0 Å². The van der Waals surface area contributed by atoms with E-state index in [4.69, 9.17) is 9.47 Å². The average Bonchev–Trinajstić information content (AvgIpc) is 3.21. The Kier molecular flexibility index (Phi) is 6.53. The Morgan fingerprint density at radius 2 is 1.72 bits per heavy atom. The van der Waals surface area contributed by atoms with E-state index in [0.29, 0.717) is 53.5 Å². The fourth-order valence-corrected chi connectivity index (χ4v) is 9.42. The molecule has 1 saturated heterocycles. The van der Waals surface area contributed by atoms with E-state index in [0.717, 1.165) is 24.8 Å². The number of ether oxygens (including phenoxy) is 2. The minimum atomic E-state index is -0.0424. The van der Waals surface area contributed by atoms with E-state index in [9.17, 15) is 9.59 Å². The number of likely N-dealkylation sites (tertiary alicyclic amines) is 1. The second kappa shape index (κ2) is 9.25. The summed E-state index contributed by atoms with van der Waals surface area (Å²) in [5.74, 6) is 4.19. The van der Waals surface area contributed by atoms with E-state index in [1.54, 1.807) is 21.1 Å². The summed E-state index contributed by atoms with van der Waals surface area (Å²) in [6.45, 7) is 6.62. The lowest BCUT2D eigenvalue weighted by Crippen LogP contribution is -2.61. The Morgan fingerprint density at radius 3 is 2.42 bits per heavy atom. The Bertz CT molecular complexity index is 1030. The normalized spacial score (nSPS) is 38.4. The number of hydrogen-bond acceptors (Lipinski definition) is 4. The molecule has 1 aromatic rings. The van der Waals surface area contributed by atoms with Crippen molar-refractivity contribution in [2.75, 3.05) is 21.3 Å². The van der Waals surface area contributed by atoms with Crippen LogP contribution in [-0.4, -0.2) is 44.0 Å². The molecule has 5 rings (SSSR count). The van der Waals surface area contributed by atoms with Crippen LogP contribution in [0, 0.1) is 34.5 Å². The van der Waals surface area contributed by atoms with Crippen LogP contribution in [0.25, 0.3) is 0 Å². The van der Waals surface area contributed by atoms with E-state index >= 15 is 0 Å². The standard InChI is InChI=1S/C30H44N2O4/c1-18(33)31-28(19-7-11-24(35-5)25(17-19)36-6)23-10-9-21-20-8-12-26-30(3,16-14-27(34)32(26)4)22(20)13-15-29(21,23)2/h7,11,17,20-23,26,28H,8-10,12-16H2,1-6H3,(H,31,33)/t20-,21-,22-,23+,26+,28?,29-,30+/m0/s1. The number of methoxy groups -OCH3 is 2. The molecule has 0 radical (unpaired) electrons. The molecule has 8 atom stereocenters. The van der Waals surface area contributed by atoms with Crippen LogP contribution in [0.3, 0.4) is 0 Å². The van der Waals surface area contributed by atoms with Crippen molar-refractivity contribution >= 4 is 11.8 Å². The van der Waals surface area contributed by atoms with Crippen LogP contribution in [0.5, 0.6) is 11.5 Å². The Balaban J connectivity index is 1.45. The summed E-state index contributed by atoms with van der Waals surface area (Å²) >= 11 is 0. The van der Waals surface area contributed by atoms with E-state index < -0.39 is 0 Å². The number of carbonyl (C=O) groups is 2. The molecule has 1 heterocycles. The van der Waals surface area contributed by atoms with E-state index in [1.165, 1.54) is 25.7 Å². The minimum absolute atomic E-state index is 0.0125. The molecule has 198 valence electrons. The predicted molar refractivity (Wildman–Crippen MR) is 140 cm³/mol. The van der Waals surface area contributed by atoms with Gasteiger partial charge in [0.05, 0.1) is 20.3 Å². The highest BCUT2D eigenvalue weighted by Gasteiger charge is 2.62. The third-order valence-corrected chi connectivity index (χ3v) is 11.2. The molecule has 4 fully saturated rings. The Morgan fingerprint density at radius 1 is 1.00 bits per heavy atom. The third-order valence-electron chi connectivity index (χ3n) is 11.2. The van der Waals surface area contributed by atoms with Gasteiger partial charge in [0, 0.05) is 26.4 Å². The van der Waals surface area contributed by atoms with Crippen molar-refractivity contribution in [3.63, 3.8) is 0 Å². The second-order valence-electron chi connectivity index (χ2n) is 12.5. The molecule has 4 aliphatic rings. The zero-order valence-corrected chi connectivity index (χ0v) is 22.9. The molecule has 36 heavy (non-hydrogen) atoms. The lowest BCUT2D eigenvalue weighted by atomic mass is 9.46. The number of hydrogen-bond donors (Lipinski definition) is 1. The van der Waals surface area contributed by atoms with Crippen LogP contribution in [0.2, 0.25) is 0 Å². The molecule has 3 aliphatic carbocycles. The Labute approximate surface area is 216 Å². The fraction of sp³-hybridized carbons (Fsp3) is 0.733. The summed E-state index contributed by atoms with van der Waals surface area (Å²) in [4.78, 5) is 27.0. The number of amides is 2. The van der Waals surface area contributed by atoms with Crippen molar-refractivity contribution in [3.05, 3.63) is 23.8 Å². The van der Waals surface area contributed by atoms with Crippen molar-refractivity contribution in [3.8, 4) is 11.5 Å². The molecule has 1 N–H and O–H groups in total. The van der Waals surface area contributed by atoms with Crippen LogP contribution in [-0.2, 0) is 9.59 Å². The topological polar surface area (TPSA) is 67.9 Å². The number of piperidine rings is 1. The van der Waals surface area contributed by atoms with Gasteiger partial charge in [-0.1, -0.05) is 19.9 Å². The van der Waals surface area contributed by atoms with Crippen LogP contribution in [0.4, 0.5) is 0 Å². The highest BCUT2D eigenvalue weighted by Crippen LogP contribution is 2.67. The summed E-state index contributed by atoms with van der Waals surface area (Å²) in [5, 5.41) is 3.34. The van der Waals surface area contributed by atoms with Crippen molar-refractivity contribution in [2.24, 2.45) is 34.5 Å². The summed E-state index contributed by atoms with van der Waals surface area (Å²) in [5.41, 5.74) is 1.51. The van der Waals surface area contributed by atoms with Crippen molar-refractivity contribution in [2.45, 2.75) is 84.2 Å². The smallest absolute Gasteiger partial charge is 0.222 e. The lowest BCUT2D eigenvalue weighted by Gasteiger charge is -2.62. The van der Waals surface area contributed by atoms with Crippen molar-refractivity contribution < 1.29 is 19.1 Å². The van der Waals surface area contributed by atoms with Gasteiger partial charge in [0.1, 0.15) is 0 Å². The highest BCUT2D eigenvalue weighted by atomic mass is 16.5. The van der Waals surface area contributed by atoms with Crippen LogP contribution in [0.1, 0.15) is 83.7 Å². The van der Waals surface area contributed by atoms with Gasteiger partial charge in [0.2, 0.25) is 11.8 Å². The first-order valence-electron chi connectivity index (χ1n) is 13.9. The maximum Gasteiger partial charge on any atom is 0.222 e. The summed E-state index contributed by atoms with van der Waals surface area (Å²) in [6.07, 6.45) is 8.84. The summed E-state index contributed by atoms with van der Waals surface area (Å²) < 4.78 is 11.1. The maximum absolute atomic E-state index is 12.5. The zero-order chi connectivity index (χ0) is 25.8. The number of nitrogens with zero attached hydrogens (tertiary/aromatic N) is 1. The number of rotatable bonds is 5. The molecule has 0 bridgehead atoms. The molecule has 0 spiro atoms. The van der Waals surface area contributed by atoms with Gasteiger partial charge < -0.3 is 19.7 Å². The molecule has 1 aliphatic heterocycles. The first-order valence-corrected chi connectivity index (χ1v) is 13.9. The van der Waals surface area contributed by atoms with E-state index in [1.807, 2.05) is 19.2 Å². The quantitative estimate of drug-likeness (QED) is 0.596. The third kappa shape index (κ3) is 3.81. The van der Waals surface area contributed by atoms with Crippen LogP contribution >= 0.6 is 0 Å². The first-order chi connectivity index (χ1) is 17.1. The molecular weight excluding hydrogens is 452 g/mol. The number of nitrogens with one attached hydrogen (secondary N) is 1. The molecule has 6 nitrogen and oxygen atoms in total. The van der Waals surface area contributed by atoms with Gasteiger partial charge in [0.15, 0.2) is 11.5 Å². The second-order valence-corrected chi connectivity index (χ2v) is 12.5. The first kappa shape index (κ1) is 25.4. The molecule has 1 unspecified atom stereocenters. The van der Waals surface area contributed by atoms with Gasteiger partial charge in [0.25, 0.3) is 0 Å². The van der Waals surface area contributed by atoms with Gasteiger partial charge in [-0.05, 0) is 97.1 Å². The average molecular weight is 497 g/mol. The largest absolute Gasteiger partial charge is 0.493 e. The minimum Gasteiger partial charge on any atom is -0.493 e. The van der Waals surface area contributed by atoms with Gasteiger partial charge in [-0.15, -0.1) is 0 Å². The maximum atomic E-state index is 12.5. The summed E-state index contributed by atoms with van der Waals surface area (Å²) in [7, 11) is 5.35. The van der Waals surface area contributed by atoms with E-state index in [2.05, 4.69) is 30.1 Å². The van der Waals surface area contributed by atoms with Crippen molar-refractivity contribution in [1.29, 1.82) is 0 Å². The fourth-order valence-electron chi connectivity index (χ4n) is 9.42. The molecule has 6 heteroatoms. The number of benzene rings is 1. The number of fused-ring (bicyclic) bond motifs is 5. The Hall–Kier alpha value is -2.24. The van der Waals surface area contributed by atoms with Crippen LogP contribution in [0.15, 0.2) is 18.2 Å². The molecule has 0 aromatic heterocycles. The van der Waals surface area contributed by atoms with Gasteiger partial charge in [-0.25, -0.2) is 0 Å². The SMILES string of the molecule is COc1ccc(C(NC(C)=O)[C@H]2CC[C@H]3[C@@H]4CC[C@H]5N(C)C(=O)CC[C@]5(C)[C@H]4CC[C@]23C)cc1OC.